The summed E-state index contributed by atoms with van der Waals surface area (Å²) in [6, 6.07) is 0. The first kappa shape index (κ1) is 119. The Labute approximate surface area is 777 Å². The highest BCUT2D eigenvalue weighted by molar-refractivity contribution is 5.86. The van der Waals surface area contributed by atoms with Crippen molar-refractivity contribution in [1.82, 2.24) is 54.3 Å². The third-order valence-electron chi connectivity index (χ3n) is 22.0. The lowest BCUT2D eigenvalue weighted by Crippen LogP contribution is -2.50. The molecule has 0 aromatic carbocycles. The molecule has 39 heteroatoms. The van der Waals surface area contributed by atoms with Crippen LogP contribution in [-0.2, 0) is 105 Å². The number of likely N-dealkylation sites (tertiary alicyclic amines) is 1. The van der Waals surface area contributed by atoms with Crippen LogP contribution < -0.4 is 5.32 Å². The molecule has 1 rings (SSSR count). The van der Waals surface area contributed by atoms with Gasteiger partial charge in [0.05, 0.1) is 165 Å². The molecule has 0 aromatic rings. The molecule has 0 aliphatic carbocycles. The van der Waals surface area contributed by atoms with Crippen LogP contribution in [0.5, 0.6) is 0 Å². The SMILES string of the molecule is CCC(=O)NCCN(CCN(CCN(CCN(CCN(CCN(CCN(CCN(CCN(CCN1CCC(C(=O)OCC[N+](C)(C)C)CC1)C(=O)CCC(=O)OCC[N+](C)(C)C)C(=O)CCC(=O)OCC[N+](C)(C)C)C(=O)CCC(=O)OCC[N+](C)(C)C)C(=O)CCC(=O)OCC[N+](C)(C)C)C(=O)CCC(=O)OCC[N+](C)(C)C)C(=O)CC)C(=O)CC)C(=O)CC)C(=O)CC. The number of nitrogens with one attached hydrogen (secondary N) is 1. The number of ether oxygens (including phenoxy) is 6. The Balaban J connectivity index is 4.24. The first-order valence-corrected chi connectivity index (χ1v) is 46.9. The summed E-state index contributed by atoms with van der Waals surface area (Å²) in [4.78, 5) is 237. The van der Waals surface area contributed by atoms with E-state index in [-0.39, 0.29) is 289 Å². The van der Waals surface area contributed by atoms with Gasteiger partial charge in [-0.1, -0.05) is 34.6 Å². The van der Waals surface area contributed by atoms with Crippen molar-refractivity contribution >= 4 is 94.9 Å². The summed E-state index contributed by atoms with van der Waals surface area (Å²) in [5.41, 5.74) is 0. The number of carbonyl (C=O) groups is 16. The average molecular weight is 1860 g/mol. The van der Waals surface area contributed by atoms with E-state index in [1.165, 1.54) is 24.5 Å². The molecule has 1 saturated heterocycles. The second kappa shape index (κ2) is 61.9. The lowest BCUT2D eigenvalue weighted by molar-refractivity contribution is -0.870. The summed E-state index contributed by atoms with van der Waals surface area (Å²) >= 11 is 0. The van der Waals surface area contributed by atoms with Gasteiger partial charge in [0, 0.05) is 195 Å². The van der Waals surface area contributed by atoms with E-state index in [4.69, 9.17) is 28.4 Å². The predicted octanol–water partition coefficient (Wildman–Crippen LogP) is 0.719. The van der Waals surface area contributed by atoms with Crippen LogP contribution in [0.4, 0.5) is 0 Å². The summed E-state index contributed by atoms with van der Waals surface area (Å²) in [6.07, 6.45) is -1.59. The first-order chi connectivity index (χ1) is 60.6. The third kappa shape index (κ3) is 58.2. The van der Waals surface area contributed by atoms with Gasteiger partial charge in [-0.05, 0) is 25.9 Å². The van der Waals surface area contributed by atoms with Gasteiger partial charge >= 0.3 is 35.8 Å². The number of carbonyl (C=O) groups excluding carboxylic acids is 16. The molecule has 0 saturated carbocycles. The lowest BCUT2D eigenvalue weighted by Gasteiger charge is -2.34. The maximum atomic E-state index is 15.1. The molecular formula is C91H173N17O22+6. The van der Waals surface area contributed by atoms with E-state index in [1.807, 2.05) is 127 Å². The zero-order valence-electron chi connectivity index (χ0n) is 84.3. The summed E-state index contributed by atoms with van der Waals surface area (Å²) in [6.45, 7) is 12.7. The number of esters is 6. The normalized spacial score (nSPS) is 12.8. The monoisotopic (exact) mass is 1860 g/mol. The van der Waals surface area contributed by atoms with Gasteiger partial charge in [-0.15, -0.1) is 0 Å². The number of rotatable bonds is 69. The highest BCUT2D eigenvalue weighted by Crippen LogP contribution is 2.20. The van der Waals surface area contributed by atoms with Crippen molar-refractivity contribution in [3.63, 3.8) is 0 Å². The lowest BCUT2D eigenvalue weighted by atomic mass is 9.97. The maximum absolute atomic E-state index is 15.1. The summed E-state index contributed by atoms with van der Waals surface area (Å²) in [5.74, 6) is -7.59. The summed E-state index contributed by atoms with van der Waals surface area (Å²) in [7, 11) is 35.1. The molecule has 748 valence electrons. The first-order valence-electron chi connectivity index (χ1n) is 46.9. The number of hydrogen-bond acceptors (Lipinski definition) is 23. The Morgan fingerprint density at radius 2 is 0.446 bits per heavy atom. The van der Waals surface area contributed by atoms with E-state index in [1.54, 1.807) is 54.2 Å². The Kier molecular flexibility index (Phi) is 56.7. The molecule has 0 aromatic heterocycles. The molecule has 0 radical (unpaired) electrons. The van der Waals surface area contributed by atoms with E-state index in [2.05, 4.69) is 10.2 Å². The zero-order valence-corrected chi connectivity index (χ0v) is 84.3. The molecule has 130 heavy (non-hydrogen) atoms. The van der Waals surface area contributed by atoms with Gasteiger partial charge < -0.3 is 110 Å². The second-order valence-corrected chi connectivity index (χ2v) is 39.5. The number of hydrogen-bond donors (Lipinski definition) is 1. The van der Waals surface area contributed by atoms with Crippen molar-refractivity contribution in [2.75, 3.05) is 350 Å². The van der Waals surface area contributed by atoms with E-state index in [0.29, 0.717) is 98.6 Å². The van der Waals surface area contributed by atoms with E-state index < -0.39 is 72.2 Å². The number of quaternary nitrogens is 6. The molecule has 0 unspecified atom stereocenters. The molecule has 0 spiro atoms. The van der Waals surface area contributed by atoms with Crippen molar-refractivity contribution in [3.8, 4) is 0 Å². The Morgan fingerprint density at radius 1 is 0.254 bits per heavy atom. The fourth-order valence-electron chi connectivity index (χ4n) is 13.1. The van der Waals surface area contributed by atoms with E-state index in [9.17, 15) is 67.1 Å². The molecule has 0 atom stereocenters. The topological polar surface area (TPSA) is 373 Å². The van der Waals surface area contributed by atoms with E-state index in [0.717, 1.165) is 0 Å². The number of nitrogens with zero attached hydrogens (tertiary/aromatic N) is 16. The van der Waals surface area contributed by atoms with Gasteiger partial charge in [0.15, 0.2) is 0 Å². The highest BCUT2D eigenvalue weighted by Gasteiger charge is 2.32. The molecule has 39 nitrogen and oxygen atoms in total. The molecular weight excluding hydrogens is 1680 g/mol. The Hall–Kier alpha value is -8.76. The van der Waals surface area contributed by atoms with Gasteiger partial charge in [0.1, 0.15) is 78.9 Å². The Bertz CT molecular complexity index is 3500. The fourth-order valence-corrected chi connectivity index (χ4v) is 13.1. The highest BCUT2D eigenvalue weighted by atomic mass is 16.6. The average Bonchev–Trinajstić information content (AvgIpc) is 0.876. The molecule has 1 N–H and O–H groups in total. The van der Waals surface area contributed by atoms with Crippen LogP contribution in [0.2, 0.25) is 0 Å². The van der Waals surface area contributed by atoms with Crippen molar-refractivity contribution in [1.29, 1.82) is 0 Å². The van der Waals surface area contributed by atoms with Crippen molar-refractivity contribution in [2.24, 2.45) is 5.92 Å². The van der Waals surface area contributed by atoms with Gasteiger partial charge in [0.25, 0.3) is 0 Å². The smallest absolute Gasteiger partial charge is 0.309 e. The third-order valence-corrected chi connectivity index (χ3v) is 22.0. The van der Waals surface area contributed by atoms with Crippen molar-refractivity contribution < 1.29 is 132 Å². The van der Waals surface area contributed by atoms with Gasteiger partial charge in [-0.3, -0.25) is 76.7 Å². The fraction of sp³-hybridized carbons (Fsp3) is 0.824. The van der Waals surface area contributed by atoms with Crippen LogP contribution in [0.3, 0.4) is 0 Å². The quantitative estimate of drug-likeness (QED) is 0.0498. The molecule has 0 bridgehead atoms. The van der Waals surface area contributed by atoms with Crippen LogP contribution in [0, 0.1) is 5.92 Å². The van der Waals surface area contributed by atoms with Crippen LogP contribution in [0.15, 0.2) is 0 Å². The van der Waals surface area contributed by atoms with Gasteiger partial charge in [-0.25, -0.2) is 0 Å². The predicted molar refractivity (Wildman–Crippen MR) is 492 cm³/mol. The largest absolute Gasteiger partial charge is 0.460 e. The minimum atomic E-state index is -0.664. The van der Waals surface area contributed by atoms with Crippen LogP contribution in [0.1, 0.15) is 144 Å². The Morgan fingerprint density at radius 3 is 0.646 bits per heavy atom. The molecule has 1 fully saturated rings. The summed E-state index contributed by atoms with van der Waals surface area (Å²) < 4.78 is 36.6. The van der Waals surface area contributed by atoms with Crippen molar-refractivity contribution in [2.45, 2.75) is 144 Å². The minimum absolute atomic E-state index is 0.0115. The molecule has 10 amide bonds. The molecule has 1 aliphatic rings. The summed E-state index contributed by atoms with van der Waals surface area (Å²) in [5, 5.41) is 2.79. The van der Waals surface area contributed by atoms with Crippen LogP contribution in [0.25, 0.3) is 0 Å². The number of amides is 10. The van der Waals surface area contributed by atoms with Crippen LogP contribution in [-0.4, -0.2) is 521 Å². The second-order valence-electron chi connectivity index (χ2n) is 39.5. The maximum Gasteiger partial charge on any atom is 0.309 e. The van der Waals surface area contributed by atoms with E-state index >= 15 is 9.59 Å². The van der Waals surface area contributed by atoms with Crippen molar-refractivity contribution in [3.05, 3.63) is 0 Å². The number of piperidine rings is 1. The van der Waals surface area contributed by atoms with Gasteiger partial charge in [0.2, 0.25) is 59.1 Å². The zero-order chi connectivity index (χ0) is 98.6. The number of likely N-dealkylation sites (N-methyl/N-ethyl adjacent to an activating group) is 6. The molecule has 1 aliphatic heterocycles. The molecule has 1 heterocycles. The van der Waals surface area contributed by atoms with Crippen LogP contribution >= 0.6 is 0 Å². The standard InChI is InChI=1S/C91H172N17O22/c1-24-76(109)92-41-44-94(77(110)25-2)47-48-95(78(111)26-3)49-50-96(79(112)27-4)51-52-97(80(113)28-5)53-54-99(82(115)30-35-87(120)126-70-64-104(9,10)11)57-58-101(84(117)32-37-89(122)128-72-66-106(15,16)17)61-62-102(85(118)33-38-90(123)129-73-67-107(18,19)20)60-59-100(83(116)31-36-88(121)127-71-65-105(12,13)14)56-55-98(81(114)29-34-86(119)125-69-63-103(6,7)8)46-45-93-42-39-75(40-43-93)91(124)130-74-68-108(21,22)23/h75H,24-74H2,1-23H3/q+5/p+1. The minimum Gasteiger partial charge on any atom is -0.460 e. The van der Waals surface area contributed by atoms with Gasteiger partial charge in [-0.2, -0.15) is 0 Å².